The molecule has 0 spiro atoms. The monoisotopic (exact) mass is 183 g/mol. The van der Waals surface area contributed by atoms with Gasteiger partial charge >= 0.3 is 0 Å². The van der Waals surface area contributed by atoms with Gasteiger partial charge in [-0.3, -0.25) is 0 Å². The van der Waals surface area contributed by atoms with Crippen LogP contribution in [0.5, 0.6) is 0 Å². The van der Waals surface area contributed by atoms with Crippen molar-refractivity contribution in [3.05, 3.63) is 0 Å². The van der Waals surface area contributed by atoms with Crippen LogP contribution in [0.1, 0.15) is 32.6 Å². The number of nitrogens with zero attached hydrogens (tertiary/aromatic N) is 1. The summed E-state index contributed by atoms with van der Waals surface area (Å²) in [4.78, 5) is 2.49. The fourth-order valence-corrected chi connectivity index (χ4v) is 2.71. The summed E-state index contributed by atoms with van der Waals surface area (Å²) in [6.07, 6.45) is 4.82. The Balaban J connectivity index is 1.73. The van der Waals surface area contributed by atoms with Crippen LogP contribution in [0.4, 0.5) is 0 Å². The van der Waals surface area contributed by atoms with Crippen molar-refractivity contribution < 1.29 is 5.11 Å². The first-order chi connectivity index (χ1) is 6.25. The van der Waals surface area contributed by atoms with E-state index < -0.39 is 0 Å². The molecule has 2 atom stereocenters. The predicted molar refractivity (Wildman–Crippen MR) is 53.6 cm³/mol. The third kappa shape index (κ3) is 2.23. The van der Waals surface area contributed by atoms with E-state index in [-0.39, 0.29) is 6.10 Å². The number of aliphatic hydroxyl groups is 1. The lowest BCUT2D eigenvalue weighted by Gasteiger charge is -2.41. The van der Waals surface area contributed by atoms with E-state index in [1.165, 1.54) is 32.4 Å². The second kappa shape index (κ2) is 3.97. The minimum atomic E-state index is -0.00958. The van der Waals surface area contributed by atoms with Crippen molar-refractivity contribution in [2.24, 2.45) is 11.8 Å². The largest absolute Gasteiger partial charge is 0.393 e. The van der Waals surface area contributed by atoms with Crippen molar-refractivity contribution in [3.8, 4) is 0 Å². The van der Waals surface area contributed by atoms with E-state index in [4.69, 9.17) is 0 Å². The number of likely N-dealkylation sites (tertiary alicyclic amines) is 1. The highest BCUT2D eigenvalue weighted by Gasteiger charge is 2.29. The summed E-state index contributed by atoms with van der Waals surface area (Å²) >= 11 is 0. The first-order valence-electron chi connectivity index (χ1n) is 5.66. The zero-order valence-electron chi connectivity index (χ0n) is 8.58. The molecule has 1 heterocycles. The Hall–Kier alpha value is -0.0800. The molecule has 13 heavy (non-hydrogen) atoms. The van der Waals surface area contributed by atoms with Gasteiger partial charge in [0, 0.05) is 19.6 Å². The van der Waals surface area contributed by atoms with Crippen molar-refractivity contribution in [1.82, 2.24) is 4.90 Å². The number of aliphatic hydroxyl groups excluding tert-OH is 1. The van der Waals surface area contributed by atoms with Crippen molar-refractivity contribution in [3.63, 3.8) is 0 Å². The van der Waals surface area contributed by atoms with Gasteiger partial charge in [-0.25, -0.2) is 0 Å². The molecule has 2 fully saturated rings. The van der Waals surface area contributed by atoms with Crippen molar-refractivity contribution in [2.45, 2.75) is 38.7 Å². The van der Waals surface area contributed by atoms with Crippen LogP contribution in [0.2, 0.25) is 0 Å². The molecule has 2 nitrogen and oxygen atoms in total. The van der Waals surface area contributed by atoms with Crippen molar-refractivity contribution >= 4 is 0 Å². The summed E-state index contributed by atoms with van der Waals surface area (Å²) < 4.78 is 0. The van der Waals surface area contributed by atoms with Crippen LogP contribution in [0.25, 0.3) is 0 Å². The quantitative estimate of drug-likeness (QED) is 0.701. The Kier molecular flexibility index (Phi) is 2.89. The van der Waals surface area contributed by atoms with Crippen LogP contribution in [-0.4, -0.2) is 35.7 Å². The van der Waals surface area contributed by atoms with Gasteiger partial charge in [0.1, 0.15) is 0 Å². The normalized spacial score (nSPS) is 37.4. The van der Waals surface area contributed by atoms with Crippen LogP contribution >= 0.6 is 0 Å². The summed E-state index contributed by atoms with van der Waals surface area (Å²) in [6.45, 7) is 5.95. The van der Waals surface area contributed by atoms with E-state index in [1.807, 2.05) is 0 Å². The highest BCUT2D eigenvalue weighted by Crippen LogP contribution is 2.27. The highest BCUT2D eigenvalue weighted by atomic mass is 16.3. The second-order valence-corrected chi connectivity index (χ2v) is 4.94. The number of rotatable bonds is 2. The smallest absolute Gasteiger partial charge is 0.0580 e. The van der Waals surface area contributed by atoms with Gasteiger partial charge in [-0.15, -0.1) is 0 Å². The summed E-state index contributed by atoms with van der Waals surface area (Å²) in [5.74, 6) is 1.46. The molecule has 76 valence electrons. The van der Waals surface area contributed by atoms with Gasteiger partial charge in [0.15, 0.2) is 0 Å². The minimum Gasteiger partial charge on any atom is -0.393 e. The Morgan fingerprint density at radius 3 is 2.54 bits per heavy atom. The standard InChI is InChI=1S/C11H21NO/c1-9-6-12(7-9)8-10-4-2-3-5-11(10)13/h9-11,13H,2-8H2,1H3. The molecule has 0 bridgehead atoms. The molecule has 1 N–H and O–H groups in total. The zero-order chi connectivity index (χ0) is 9.26. The fourth-order valence-electron chi connectivity index (χ4n) is 2.71. The molecule has 1 aliphatic heterocycles. The lowest BCUT2D eigenvalue weighted by atomic mass is 9.85. The average molecular weight is 183 g/mol. The maximum absolute atomic E-state index is 9.78. The molecule has 0 amide bonds. The molecule has 0 radical (unpaired) electrons. The van der Waals surface area contributed by atoms with E-state index in [9.17, 15) is 5.11 Å². The zero-order valence-corrected chi connectivity index (χ0v) is 8.58. The Morgan fingerprint density at radius 2 is 1.92 bits per heavy atom. The lowest BCUT2D eigenvalue weighted by Crippen LogP contribution is -2.49. The molecule has 0 aromatic carbocycles. The van der Waals surface area contributed by atoms with Crippen LogP contribution in [-0.2, 0) is 0 Å². The van der Waals surface area contributed by atoms with Gasteiger partial charge in [0.25, 0.3) is 0 Å². The molecule has 2 unspecified atom stereocenters. The molecule has 1 saturated carbocycles. The van der Waals surface area contributed by atoms with Gasteiger partial charge in [-0.05, 0) is 24.7 Å². The third-order valence-electron chi connectivity index (χ3n) is 3.50. The third-order valence-corrected chi connectivity index (χ3v) is 3.50. The lowest BCUT2D eigenvalue weighted by molar-refractivity contribution is 0.0162. The maximum atomic E-state index is 9.78. The van der Waals surface area contributed by atoms with Gasteiger partial charge in [0.05, 0.1) is 6.10 Å². The van der Waals surface area contributed by atoms with E-state index >= 15 is 0 Å². The molecule has 1 saturated heterocycles. The topological polar surface area (TPSA) is 23.5 Å². The molecular formula is C11H21NO. The van der Waals surface area contributed by atoms with E-state index in [1.54, 1.807) is 0 Å². The molecular weight excluding hydrogens is 162 g/mol. The predicted octanol–water partition coefficient (Wildman–Crippen LogP) is 1.49. The van der Waals surface area contributed by atoms with Gasteiger partial charge < -0.3 is 10.0 Å². The second-order valence-electron chi connectivity index (χ2n) is 4.94. The Labute approximate surface area is 80.9 Å². The average Bonchev–Trinajstić information content (AvgIpc) is 2.06. The number of hydrogen-bond acceptors (Lipinski definition) is 2. The fraction of sp³-hybridized carbons (Fsp3) is 1.00. The summed E-state index contributed by atoms with van der Waals surface area (Å²) in [5.41, 5.74) is 0. The molecule has 0 aromatic heterocycles. The van der Waals surface area contributed by atoms with Gasteiger partial charge in [-0.1, -0.05) is 19.8 Å². The summed E-state index contributed by atoms with van der Waals surface area (Å²) in [6, 6.07) is 0. The molecule has 0 aromatic rings. The van der Waals surface area contributed by atoms with E-state index in [0.29, 0.717) is 5.92 Å². The Bertz CT molecular complexity index is 165. The highest BCUT2D eigenvalue weighted by molar-refractivity contribution is 4.82. The van der Waals surface area contributed by atoms with Gasteiger partial charge in [0.2, 0.25) is 0 Å². The van der Waals surface area contributed by atoms with Crippen LogP contribution < -0.4 is 0 Å². The summed E-state index contributed by atoms with van der Waals surface area (Å²) in [5, 5.41) is 9.78. The SMILES string of the molecule is CC1CN(CC2CCCCC2O)C1. The van der Waals surface area contributed by atoms with Crippen molar-refractivity contribution in [1.29, 1.82) is 0 Å². The molecule has 2 rings (SSSR count). The molecule has 2 heteroatoms. The van der Waals surface area contributed by atoms with Crippen LogP contribution in [0, 0.1) is 11.8 Å². The maximum Gasteiger partial charge on any atom is 0.0580 e. The Morgan fingerprint density at radius 1 is 1.23 bits per heavy atom. The van der Waals surface area contributed by atoms with Gasteiger partial charge in [-0.2, -0.15) is 0 Å². The summed E-state index contributed by atoms with van der Waals surface area (Å²) in [7, 11) is 0. The van der Waals surface area contributed by atoms with Crippen LogP contribution in [0.15, 0.2) is 0 Å². The van der Waals surface area contributed by atoms with E-state index in [0.717, 1.165) is 18.9 Å². The molecule has 1 aliphatic carbocycles. The van der Waals surface area contributed by atoms with Crippen molar-refractivity contribution in [2.75, 3.05) is 19.6 Å². The minimum absolute atomic E-state index is 0.00958. The number of hydrogen-bond donors (Lipinski definition) is 1. The van der Waals surface area contributed by atoms with E-state index in [2.05, 4.69) is 11.8 Å². The first-order valence-corrected chi connectivity index (χ1v) is 5.66. The first kappa shape index (κ1) is 9.47. The molecule has 2 aliphatic rings. The van der Waals surface area contributed by atoms with Crippen LogP contribution in [0.3, 0.4) is 0 Å².